The van der Waals surface area contributed by atoms with Crippen molar-refractivity contribution in [3.63, 3.8) is 0 Å². The van der Waals surface area contributed by atoms with Crippen molar-refractivity contribution in [2.24, 2.45) is 0 Å². The van der Waals surface area contributed by atoms with Crippen molar-refractivity contribution in [1.82, 2.24) is 14.8 Å². The molecule has 1 fully saturated rings. The molecule has 0 bridgehead atoms. The molecule has 4 rings (SSSR count). The molecule has 0 unspecified atom stereocenters. The van der Waals surface area contributed by atoms with Crippen LogP contribution < -0.4 is 15.8 Å². The van der Waals surface area contributed by atoms with E-state index >= 15 is 0 Å². The smallest absolute Gasteiger partial charge is 0.292 e. The van der Waals surface area contributed by atoms with E-state index in [2.05, 4.69) is 15.4 Å². The predicted octanol–water partition coefficient (Wildman–Crippen LogP) is 4.51. The number of aromatic nitrogens is 3. The number of rotatable bonds is 7. The highest BCUT2D eigenvalue weighted by Gasteiger charge is 2.32. The highest BCUT2D eigenvalue weighted by atomic mass is 35.5. The van der Waals surface area contributed by atoms with Crippen LogP contribution in [0.15, 0.2) is 53.6 Å². The van der Waals surface area contributed by atoms with Crippen molar-refractivity contribution in [3.05, 3.63) is 70.0 Å². The molecular formula is C23H24ClF2N5O2. The minimum atomic E-state index is -1.51. The molecule has 1 aromatic carbocycles. The molecule has 0 radical (unpaired) electrons. The molecule has 0 saturated carbocycles. The maximum Gasteiger partial charge on any atom is 0.292 e. The predicted molar refractivity (Wildman–Crippen MR) is 124 cm³/mol. The quantitative estimate of drug-likeness (QED) is 0.542. The van der Waals surface area contributed by atoms with Gasteiger partial charge >= 0.3 is 0 Å². The largest absolute Gasteiger partial charge is 0.379 e. The van der Waals surface area contributed by atoms with Gasteiger partial charge < -0.3 is 15.0 Å². The van der Waals surface area contributed by atoms with E-state index in [9.17, 15) is 13.6 Å². The highest BCUT2D eigenvalue weighted by molar-refractivity contribution is 6.32. The Morgan fingerprint density at radius 1 is 1.24 bits per heavy atom. The Kier molecular flexibility index (Phi) is 6.90. The fraction of sp³-hybridized carbons (Fsp3) is 0.348. The molecule has 0 spiro atoms. The zero-order valence-corrected chi connectivity index (χ0v) is 18.9. The Morgan fingerprint density at radius 3 is 2.67 bits per heavy atom. The van der Waals surface area contributed by atoms with E-state index in [4.69, 9.17) is 16.3 Å². The summed E-state index contributed by atoms with van der Waals surface area (Å²) in [5.41, 5.74) is -0.573. The molecule has 10 heteroatoms. The molecule has 1 aliphatic rings. The lowest BCUT2D eigenvalue weighted by Crippen LogP contribution is -2.40. The molecule has 1 N–H and O–H groups in total. The molecule has 2 aromatic heterocycles. The van der Waals surface area contributed by atoms with Crippen LogP contribution >= 0.6 is 11.6 Å². The van der Waals surface area contributed by atoms with Gasteiger partial charge in [0.25, 0.3) is 5.56 Å². The van der Waals surface area contributed by atoms with E-state index in [1.54, 1.807) is 24.3 Å². The summed E-state index contributed by atoms with van der Waals surface area (Å²) in [6.45, 7) is 3.11. The normalized spacial score (nSPS) is 18.2. The summed E-state index contributed by atoms with van der Waals surface area (Å²) in [7, 11) is 0. The average Bonchev–Trinajstić information content (AvgIpc) is 2.83. The van der Waals surface area contributed by atoms with Crippen LogP contribution in [0.3, 0.4) is 0 Å². The molecule has 7 nitrogen and oxygen atoms in total. The van der Waals surface area contributed by atoms with Gasteiger partial charge in [0.15, 0.2) is 5.67 Å². The van der Waals surface area contributed by atoms with Gasteiger partial charge in [-0.3, -0.25) is 4.79 Å². The second-order valence-electron chi connectivity index (χ2n) is 7.85. The number of pyridine rings is 1. The van der Waals surface area contributed by atoms with Crippen LogP contribution in [0.2, 0.25) is 5.02 Å². The summed E-state index contributed by atoms with van der Waals surface area (Å²) in [5.74, 6) is 0.320. The van der Waals surface area contributed by atoms with Crippen LogP contribution in [0.5, 0.6) is 0 Å². The van der Waals surface area contributed by atoms with Crippen molar-refractivity contribution in [2.45, 2.75) is 25.4 Å². The molecule has 3 aromatic rings. The fourth-order valence-electron chi connectivity index (χ4n) is 3.71. The summed E-state index contributed by atoms with van der Waals surface area (Å²) in [6.07, 6.45) is 3.93. The van der Waals surface area contributed by atoms with E-state index in [-0.39, 0.29) is 29.7 Å². The summed E-state index contributed by atoms with van der Waals surface area (Å²) in [6, 6.07) is 9.56. The molecule has 33 heavy (non-hydrogen) atoms. The van der Waals surface area contributed by atoms with Gasteiger partial charge in [0.05, 0.1) is 36.9 Å². The Bertz CT molecular complexity index is 1150. The first-order chi connectivity index (χ1) is 15.9. The van der Waals surface area contributed by atoms with Gasteiger partial charge in [-0.05, 0) is 56.2 Å². The van der Waals surface area contributed by atoms with E-state index < -0.39 is 11.2 Å². The minimum absolute atomic E-state index is 0.00678. The lowest BCUT2D eigenvalue weighted by atomic mass is 9.99. The summed E-state index contributed by atoms with van der Waals surface area (Å²) in [5, 5.41) is 6.96. The van der Waals surface area contributed by atoms with Gasteiger partial charge in [0, 0.05) is 18.8 Å². The Hall–Kier alpha value is -3.04. The monoisotopic (exact) mass is 475 g/mol. The Labute approximate surface area is 195 Å². The van der Waals surface area contributed by atoms with Gasteiger partial charge in [-0.25, -0.2) is 13.8 Å². The molecule has 1 aliphatic heterocycles. The van der Waals surface area contributed by atoms with E-state index in [0.29, 0.717) is 37.5 Å². The third-order valence-electron chi connectivity index (χ3n) is 5.50. The highest BCUT2D eigenvalue weighted by Crippen LogP contribution is 2.26. The zero-order valence-electron chi connectivity index (χ0n) is 18.1. The Morgan fingerprint density at radius 2 is 2.03 bits per heavy atom. The molecule has 0 amide bonds. The van der Waals surface area contributed by atoms with Crippen molar-refractivity contribution in [3.8, 4) is 5.69 Å². The number of nitrogens with one attached hydrogen (secondary N) is 1. The van der Waals surface area contributed by atoms with Crippen molar-refractivity contribution < 1.29 is 13.5 Å². The summed E-state index contributed by atoms with van der Waals surface area (Å²) >= 11 is 6.26. The number of benzene rings is 1. The molecule has 174 valence electrons. The minimum Gasteiger partial charge on any atom is -0.379 e. The van der Waals surface area contributed by atoms with Gasteiger partial charge in [-0.2, -0.15) is 9.78 Å². The second kappa shape index (κ2) is 9.84. The van der Waals surface area contributed by atoms with Gasteiger partial charge in [0.1, 0.15) is 16.7 Å². The SMILES string of the molecule is CCN(c1ccc(F)cc1)c1ccc(-n2ncc(NC[C@@]3(F)CCCOC3)c(Cl)c2=O)cn1. The van der Waals surface area contributed by atoms with Gasteiger partial charge in [0.2, 0.25) is 0 Å². The van der Waals surface area contributed by atoms with Crippen LogP contribution in [0, 0.1) is 5.82 Å². The molecule has 0 aliphatic carbocycles. The topological polar surface area (TPSA) is 72.3 Å². The molecule has 1 atom stereocenters. The summed E-state index contributed by atoms with van der Waals surface area (Å²) < 4.78 is 34.3. The standard InChI is InChI=1S/C23H24ClF2N5O2/c1-2-30(17-6-4-16(25)5-7-17)20-9-8-18(12-27-20)31-22(32)21(24)19(13-29-31)28-14-23(26)10-3-11-33-15-23/h4-9,12-13,28H,2-3,10-11,14-15H2,1H3/t23-/m0/s1. The number of anilines is 3. The number of halogens is 3. The summed E-state index contributed by atoms with van der Waals surface area (Å²) in [4.78, 5) is 19.1. The van der Waals surface area contributed by atoms with E-state index in [1.165, 1.54) is 24.5 Å². The lowest BCUT2D eigenvalue weighted by Gasteiger charge is -2.29. The number of hydrogen-bond acceptors (Lipinski definition) is 6. The van der Waals surface area contributed by atoms with Gasteiger partial charge in [-0.15, -0.1) is 0 Å². The molecule has 3 heterocycles. The lowest BCUT2D eigenvalue weighted by molar-refractivity contribution is -0.0234. The van der Waals surface area contributed by atoms with Crippen molar-refractivity contribution in [2.75, 3.05) is 36.5 Å². The van der Waals surface area contributed by atoms with Crippen molar-refractivity contribution in [1.29, 1.82) is 0 Å². The first kappa shape index (κ1) is 23.1. The first-order valence-corrected chi connectivity index (χ1v) is 11.1. The Balaban J connectivity index is 1.52. The second-order valence-corrected chi connectivity index (χ2v) is 8.22. The van der Waals surface area contributed by atoms with E-state index in [0.717, 1.165) is 10.4 Å². The van der Waals surface area contributed by atoms with Crippen LogP contribution in [-0.2, 0) is 4.74 Å². The van der Waals surface area contributed by atoms with Crippen molar-refractivity contribution >= 4 is 28.8 Å². The van der Waals surface area contributed by atoms with Gasteiger partial charge in [-0.1, -0.05) is 11.6 Å². The van der Waals surface area contributed by atoms with Crippen LogP contribution in [0.1, 0.15) is 19.8 Å². The van der Waals surface area contributed by atoms with E-state index in [1.807, 2.05) is 11.8 Å². The first-order valence-electron chi connectivity index (χ1n) is 10.7. The number of hydrogen-bond donors (Lipinski definition) is 1. The maximum atomic E-state index is 14.7. The molecule has 1 saturated heterocycles. The fourth-order valence-corrected chi connectivity index (χ4v) is 3.91. The van der Waals surface area contributed by atoms with Crippen LogP contribution in [-0.4, -0.2) is 46.7 Å². The average molecular weight is 476 g/mol. The molecular weight excluding hydrogens is 452 g/mol. The zero-order chi connectivity index (χ0) is 23.4. The third kappa shape index (κ3) is 5.15. The third-order valence-corrected chi connectivity index (χ3v) is 5.86. The number of ether oxygens (including phenoxy) is 1. The number of nitrogens with zero attached hydrogens (tertiary/aromatic N) is 4. The van der Waals surface area contributed by atoms with Crippen LogP contribution in [0.25, 0.3) is 5.69 Å². The van der Waals surface area contributed by atoms with Crippen LogP contribution in [0.4, 0.5) is 26.0 Å². The maximum absolute atomic E-state index is 14.7. The number of alkyl halides is 1.